The lowest BCUT2D eigenvalue weighted by Gasteiger charge is -2.23. The fourth-order valence-electron chi connectivity index (χ4n) is 3.99. The van der Waals surface area contributed by atoms with Gasteiger partial charge in [-0.3, -0.25) is 9.59 Å². The van der Waals surface area contributed by atoms with Crippen LogP contribution < -0.4 is 10.6 Å². The van der Waals surface area contributed by atoms with E-state index in [1.807, 2.05) is 48.5 Å². The molecule has 2 aromatic carbocycles. The van der Waals surface area contributed by atoms with Gasteiger partial charge in [-0.15, -0.1) is 0 Å². The van der Waals surface area contributed by atoms with Crippen LogP contribution in [0.2, 0.25) is 0 Å². The number of carbonyl (C=O) groups excluding carboxylic acids is 2. The van der Waals surface area contributed by atoms with Crippen LogP contribution >= 0.6 is 0 Å². The summed E-state index contributed by atoms with van der Waals surface area (Å²) >= 11 is 0. The van der Waals surface area contributed by atoms with Gasteiger partial charge in [0, 0.05) is 12.5 Å². The molecule has 3 N–H and O–H groups in total. The summed E-state index contributed by atoms with van der Waals surface area (Å²) in [7, 11) is 0. The summed E-state index contributed by atoms with van der Waals surface area (Å²) < 4.78 is 44.4. The molecular weight excluding hydrogens is 453 g/mol. The zero-order valence-electron chi connectivity index (χ0n) is 18.4. The summed E-state index contributed by atoms with van der Waals surface area (Å²) in [4.78, 5) is 35.2. The number of ether oxygens (including phenoxy) is 1. The van der Waals surface area contributed by atoms with E-state index >= 15 is 0 Å². The van der Waals surface area contributed by atoms with Crippen molar-refractivity contribution in [2.24, 2.45) is 5.92 Å². The molecule has 0 saturated heterocycles. The largest absolute Gasteiger partial charge is 0.481 e. The van der Waals surface area contributed by atoms with Crippen LogP contribution in [0.15, 0.2) is 48.5 Å². The predicted molar refractivity (Wildman–Crippen MR) is 117 cm³/mol. The van der Waals surface area contributed by atoms with Gasteiger partial charge in [0.25, 0.3) is 0 Å². The number of rotatable bonds is 9. The van der Waals surface area contributed by atoms with Crippen LogP contribution in [0, 0.1) is 5.92 Å². The van der Waals surface area contributed by atoms with Crippen molar-refractivity contribution < 1.29 is 37.4 Å². The zero-order chi connectivity index (χ0) is 24.9. The van der Waals surface area contributed by atoms with E-state index in [4.69, 9.17) is 9.84 Å². The molecule has 0 bridgehead atoms. The summed E-state index contributed by atoms with van der Waals surface area (Å²) in [5.74, 6) is -3.83. The van der Waals surface area contributed by atoms with E-state index in [1.54, 1.807) is 12.2 Å². The number of fused-ring (bicyclic) bond motifs is 3. The van der Waals surface area contributed by atoms with Gasteiger partial charge in [-0.05, 0) is 28.7 Å². The van der Waals surface area contributed by atoms with Gasteiger partial charge in [0.2, 0.25) is 5.91 Å². The Bertz CT molecular complexity index is 1010. The van der Waals surface area contributed by atoms with E-state index in [2.05, 4.69) is 5.32 Å². The van der Waals surface area contributed by atoms with E-state index in [0.29, 0.717) is 0 Å². The maximum absolute atomic E-state index is 13.0. The molecule has 10 heteroatoms. The van der Waals surface area contributed by atoms with Gasteiger partial charge in [0.1, 0.15) is 12.6 Å². The smallest absolute Gasteiger partial charge is 0.409 e. The Balaban J connectivity index is 1.56. The summed E-state index contributed by atoms with van der Waals surface area (Å²) in [5, 5.41) is 12.8. The second-order valence-electron chi connectivity index (χ2n) is 8.01. The van der Waals surface area contributed by atoms with Crippen LogP contribution in [0.1, 0.15) is 36.8 Å². The number of carboxylic acids is 1. The maximum atomic E-state index is 13.0. The van der Waals surface area contributed by atoms with Crippen molar-refractivity contribution in [1.29, 1.82) is 0 Å². The third kappa shape index (κ3) is 5.86. The fraction of sp³-hybridized carbons (Fsp3) is 0.375. The van der Waals surface area contributed by atoms with E-state index in [1.165, 1.54) is 0 Å². The quantitative estimate of drug-likeness (QED) is 0.504. The van der Waals surface area contributed by atoms with Crippen molar-refractivity contribution in [2.45, 2.75) is 37.9 Å². The lowest BCUT2D eigenvalue weighted by Crippen LogP contribution is -2.50. The maximum Gasteiger partial charge on any atom is 0.409 e. The van der Waals surface area contributed by atoms with Crippen LogP contribution in [0.3, 0.4) is 0 Å². The minimum absolute atomic E-state index is 0.0532. The number of alkyl halides is 3. The molecule has 0 aliphatic heterocycles. The highest BCUT2D eigenvalue weighted by Gasteiger charge is 2.42. The van der Waals surface area contributed by atoms with E-state index in [9.17, 15) is 27.6 Å². The van der Waals surface area contributed by atoms with Gasteiger partial charge in [0.05, 0.1) is 12.3 Å². The molecule has 1 aliphatic carbocycles. The minimum Gasteiger partial charge on any atom is -0.481 e. The van der Waals surface area contributed by atoms with Crippen LogP contribution in [-0.2, 0) is 14.3 Å². The molecule has 3 rings (SSSR count). The van der Waals surface area contributed by atoms with Gasteiger partial charge in [0.15, 0.2) is 0 Å². The number of amides is 2. The number of carbonyl (C=O) groups is 3. The SMILES string of the molecule is CCC(CNC(=O)OCC1c2ccccc2-c2ccccc21)C(=O)NC(CC(=O)O)C(F)(F)F. The number of aliphatic carboxylic acids is 1. The first kappa shape index (κ1) is 25.1. The van der Waals surface area contributed by atoms with Crippen molar-refractivity contribution >= 4 is 18.0 Å². The molecule has 0 fully saturated rings. The second kappa shape index (κ2) is 10.6. The van der Waals surface area contributed by atoms with E-state index in [-0.39, 0.29) is 25.5 Å². The van der Waals surface area contributed by atoms with Crippen LogP contribution in [0.5, 0.6) is 0 Å². The van der Waals surface area contributed by atoms with Gasteiger partial charge in [-0.1, -0.05) is 55.5 Å². The van der Waals surface area contributed by atoms with E-state index < -0.39 is 42.5 Å². The molecule has 0 radical (unpaired) electrons. The molecule has 1 aliphatic rings. The van der Waals surface area contributed by atoms with Crippen molar-refractivity contribution in [3.63, 3.8) is 0 Å². The monoisotopic (exact) mass is 478 g/mol. The molecule has 2 aromatic rings. The molecule has 0 aromatic heterocycles. The highest BCUT2D eigenvalue weighted by molar-refractivity contribution is 5.81. The lowest BCUT2D eigenvalue weighted by molar-refractivity contribution is -0.170. The Hall–Kier alpha value is -3.56. The van der Waals surface area contributed by atoms with Crippen molar-refractivity contribution in [3.05, 3.63) is 59.7 Å². The molecule has 0 saturated carbocycles. The Labute approximate surface area is 194 Å². The zero-order valence-corrected chi connectivity index (χ0v) is 18.4. The number of carboxylic acid groups (broad SMARTS) is 1. The Morgan fingerprint density at radius 1 is 1.03 bits per heavy atom. The average Bonchev–Trinajstić information content (AvgIpc) is 3.10. The van der Waals surface area contributed by atoms with Crippen molar-refractivity contribution in [1.82, 2.24) is 10.6 Å². The van der Waals surface area contributed by atoms with Crippen molar-refractivity contribution in [3.8, 4) is 11.1 Å². The Morgan fingerprint density at radius 3 is 2.09 bits per heavy atom. The topological polar surface area (TPSA) is 105 Å². The highest BCUT2D eigenvalue weighted by atomic mass is 19.4. The average molecular weight is 478 g/mol. The molecule has 7 nitrogen and oxygen atoms in total. The number of hydrogen-bond donors (Lipinski definition) is 3. The van der Waals surface area contributed by atoms with Gasteiger partial charge in [-0.25, -0.2) is 4.79 Å². The first-order valence-electron chi connectivity index (χ1n) is 10.8. The van der Waals surface area contributed by atoms with Gasteiger partial charge < -0.3 is 20.5 Å². The summed E-state index contributed by atoms with van der Waals surface area (Å²) in [6.45, 7) is 1.37. The van der Waals surface area contributed by atoms with Crippen LogP contribution in [0.25, 0.3) is 11.1 Å². The number of benzene rings is 2. The van der Waals surface area contributed by atoms with Gasteiger partial charge >= 0.3 is 18.2 Å². The standard InChI is InChI=1S/C24H25F3N2O5/c1-2-14(22(32)29-20(11-21(30)31)24(25,26)27)12-28-23(33)34-13-19-17-9-5-3-7-15(17)16-8-4-6-10-18(16)19/h3-10,14,19-20H,2,11-13H2,1H3,(H,28,33)(H,29,32)(H,30,31). The normalized spacial score (nSPS) is 14.5. The Kier molecular flexibility index (Phi) is 7.80. The number of alkyl carbamates (subject to hydrolysis) is 1. The molecule has 2 amide bonds. The van der Waals surface area contributed by atoms with E-state index in [0.717, 1.165) is 22.3 Å². The molecule has 2 unspecified atom stereocenters. The molecule has 182 valence electrons. The first-order chi connectivity index (χ1) is 16.1. The Morgan fingerprint density at radius 2 is 1.59 bits per heavy atom. The number of nitrogens with one attached hydrogen (secondary N) is 2. The number of halogens is 3. The first-order valence-corrected chi connectivity index (χ1v) is 10.8. The fourth-order valence-corrected chi connectivity index (χ4v) is 3.99. The molecule has 34 heavy (non-hydrogen) atoms. The second-order valence-corrected chi connectivity index (χ2v) is 8.01. The minimum atomic E-state index is -4.91. The van der Waals surface area contributed by atoms with Gasteiger partial charge in [-0.2, -0.15) is 13.2 Å². The molecule has 0 spiro atoms. The third-order valence-corrected chi connectivity index (χ3v) is 5.79. The molecule has 2 atom stereocenters. The summed E-state index contributed by atoms with van der Waals surface area (Å²) in [6.07, 6.45) is -6.86. The van der Waals surface area contributed by atoms with Crippen LogP contribution in [0.4, 0.5) is 18.0 Å². The molecular formula is C24H25F3N2O5. The van der Waals surface area contributed by atoms with Crippen molar-refractivity contribution in [2.75, 3.05) is 13.2 Å². The molecule has 0 heterocycles. The summed E-state index contributed by atoms with van der Waals surface area (Å²) in [6, 6.07) is 13.1. The highest BCUT2D eigenvalue weighted by Crippen LogP contribution is 2.44. The lowest BCUT2D eigenvalue weighted by atomic mass is 9.98. The predicted octanol–water partition coefficient (Wildman–Crippen LogP) is 4.07. The number of hydrogen-bond acceptors (Lipinski definition) is 4. The van der Waals surface area contributed by atoms with Crippen LogP contribution in [-0.4, -0.2) is 48.4 Å². The summed E-state index contributed by atoms with van der Waals surface area (Å²) in [5.41, 5.74) is 4.18. The third-order valence-electron chi connectivity index (χ3n) is 5.79.